The van der Waals surface area contributed by atoms with Crippen molar-refractivity contribution in [2.45, 2.75) is 39.7 Å². The van der Waals surface area contributed by atoms with Crippen molar-refractivity contribution >= 4 is 11.6 Å². The Morgan fingerprint density at radius 1 is 0.964 bits per heavy atom. The molecule has 4 nitrogen and oxygen atoms in total. The van der Waals surface area contributed by atoms with Gasteiger partial charge in [0.1, 0.15) is 0 Å². The fourth-order valence-corrected chi connectivity index (χ4v) is 3.96. The van der Waals surface area contributed by atoms with Gasteiger partial charge in [-0.3, -0.25) is 14.6 Å². The molecule has 0 aromatic heterocycles. The zero-order chi connectivity index (χ0) is 19.9. The lowest BCUT2D eigenvalue weighted by atomic mass is 10.0. The summed E-state index contributed by atoms with van der Waals surface area (Å²) in [6.07, 6.45) is 2.30. The van der Waals surface area contributed by atoms with Crippen LogP contribution in [0.15, 0.2) is 48.5 Å². The van der Waals surface area contributed by atoms with Crippen LogP contribution in [0.4, 0.5) is 5.69 Å². The summed E-state index contributed by atoms with van der Waals surface area (Å²) in [7, 11) is 0. The molecule has 0 bridgehead atoms. The Morgan fingerprint density at radius 2 is 1.61 bits per heavy atom. The van der Waals surface area contributed by atoms with Crippen LogP contribution in [0.2, 0.25) is 0 Å². The number of carbonyl (C=O) groups is 1. The second-order valence-corrected chi connectivity index (χ2v) is 8.00. The molecular weight excluding hydrogens is 346 g/mol. The lowest BCUT2D eigenvalue weighted by Gasteiger charge is -2.38. The third-order valence-electron chi connectivity index (χ3n) is 5.84. The number of benzene rings is 2. The number of aryl methyl sites for hydroxylation is 3. The largest absolute Gasteiger partial charge is 0.324 e. The van der Waals surface area contributed by atoms with E-state index in [1.807, 2.05) is 32.0 Å². The maximum Gasteiger partial charge on any atom is 0.238 e. The Kier molecular flexibility index (Phi) is 7.24. The van der Waals surface area contributed by atoms with Crippen LogP contribution >= 0.6 is 0 Å². The van der Waals surface area contributed by atoms with Gasteiger partial charge in [-0.2, -0.15) is 0 Å². The number of hydrogen-bond acceptors (Lipinski definition) is 3. The molecule has 0 aliphatic carbocycles. The second kappa shape index (κ2) is 9.85. The summed E-state index contributed by atoms with van der Waals surface area (Å²) in [6, 6.07) is 17.4. The van der Waals surface area contributed by atoms with Crippen LogP contribution in [-0.4, -0.2) is 54.5 Å². The van der Waals surface area contributed by atoms with Gasteiger partial charge in [0.15, 0.2) is 0 Å². The number of nitrogens with one attached hydrogen (secondary N) is 1. The van der Waals surface area contributed by atoms with Gasteiger partial charge < -0.3 is 5.32 Å². The van der Waals surface area contributed by atoms with E-state index in [-0.39, 0.29) is 5.91 Å². The van der Waals surface area contributed by atoms with Gasteiger partial charge in [0, 0.05) is 37.9 Å². The average molecular weight is 380 g/mol. The summed E-state index contributed by atoms with van der Waals surface area (Å²) >= 11 is 0. The zero-order valence-electron chi connectivity index (χ0n) is 17.4. The maximum atomic E-state index is 12.5. The molecule has 0 unspecified atom stereocenters. The summed E-state index contributed by atoms with van der Waals surface area (Å²) in [5.41, 5.74) is 4.60. The molecule has 28 heavy (non-hydrogen) atoms. The molecule has 1 amide bonds. The number of carbonyl (C=O) groups excluding carboxylic acids is 1. The molecule has 1 aliphatic rings. The van der Waals surface area contributed by atoms with Crippen molar-refractivity contribution in [3.63, 3.8) is 0 Å². The van der Waals surface area contributed by atoms with E-state index in [1.54, 1.807) is 0 Å². The number of amides is 1. The minimum Gasteiger partial charge on any atom is -0.324 e. The van der Waals surface area contributed by atoms with Crippen LogP contribution in [0.5, 0.6) is 0 Å². The van der Waals surface area contributed by atoms with E-state index >= 15 is 0 Å². The molecular formula is C24H33N3O. The molecule has 1 saturated heterocycles. The normalized spacial score (nSPS) is 16.7. The predicted molar refractivity (Wildman–Crippen MR) is 117 cm³/mol. The number of anilines is 1. The van der Waals surface area contributed by atoms with Crippen molar-refractivity contribution in [2.24, 2.45) is 0 Å². The fraction of sp³-hybridized carbons (Fsp3) is 0.458. The van der Waals surface area contributed by atoms with Crippen LogP contribution in [0.25, 0.3) is 0 Å². The lowest BCUT2D eigenvalue weighted by Crippen LogP contribution is -2.51. The number of para-hydroxylation sites is 1. The van der Waals surface area contributed by atoms with Crippen LogP contribution < -0.4 is 5.32 Å². The molecule has 2 aromatic carbocycles. The van der Waals surface area contributed by atoms with Crippen LogP contribution in [-0.2, 0) is 11.2 Å². The molecule has 1 fully saturated rings. The molecule has 3 rings (SSSR count). The van der Waals surface area contributed by atoms with Crippen LogP contribution in [0.1, 0.15) is 30.0 Å². The van der Waals surface area contributed by atoms with E-state index < -0.39 is 0 Å². The summed E-state index contributed by atoms with van der Waals surface area (Å²) < 4.78 is 0. The van der Waals surface area contributed by atoms with Crippen molar-refractivity contribution in [3.8, 4) is 0 Å². The summed E-state index contributed by atoms with van der Waals surface area (Å²) in [4.78, 5) is 17.3. The molecule has 1 aliphatic heterocycles. The van der Waals surface area contributed by atoms with E-state index in [0.29, 0.717) is 12.6 Å². The molecule has 1 N–H and O–H groups in total. The summed E-state index contributed by atoms with van der Waals surface area (Å²) in [6.45, 7) is 10.9. The monoisotopic (exact) mass is 379 g/mol. The minimum absolute atomic E-state index is 0.0861. The van der Waals surface area contributed by atoms with Crippen molar-refractivity contribution < 1.29 is 4.79 Å². The van der Waals surface area contributed by atoms with Crippen molar-refractivity contribution in [3.05, 3.63) is 65.2 Å². The highest BCUT2D eigenvalue weighted by Gasteiger charge is 2.22. The van der Waals surface area contributed by atoms with Crippen molar-refractivity contribution in [1.29, 1.82) is 0 Å². The predicted octanol–water partition coefficient (Wildman–Crippen LogP) is 3.88. The third kappa shape index (κ3) is 5.66. The topological polar surface area (TPSA) is 35.6 Å². The zero-order valence-corrected chi connectivity index (χ0v) is 17.4. The molecule has 1 atom stereocenters. The van der Waals surface area contributed by atoms with E-state index in [9.17, 15) is 4.79 Å². The van der Waals surface area contributed by atoms with Gasteiger partial charge in [-0.1, -0.05) is 48.5 Å². The molecule has 0 radical (unpaired) electrons. The van der Waals surface area contributed by atoms with Crippen LogP contribution in [0, 0.1) is 13.8 Å². The smallest absolute Gasteiger partial charge is 0.238 e. The average Bonchev–Trinajstić information content (AvgIpc) is 2.70. The first kappa shape index (κ1) is 20.6. The molecule has 0 spiro atoms. The second-order valence-electron chi connectivity index (χ2n) is 8.00. The molecule has 0 saturated carbocycles. The lowest BCUT2D eigenvalue weighted by molar-refractivity contribution is -0.117. The quantitative estimate of drug-likeness (QED) is 0.793. The first-order chi connectivity index (χ1) is 13.5. The van der Waals surface area contributed by atoms with E-state index in [0.717, 1.165) is 49.4 Å². The van der Waals surface area contributed by atoms with Crippen molar-refractivity contribution in [2.75, 3.05) is 38.0 Å². The van der Waals surface area contributed by atoms with Gasteiger partial charge in [-0.25, -0.2) is 0 Å². The highest BCUT2D eigenvalue weighted by Crippen LogP contribution is 2.19. The number of piperazine rings is 1. The van der Waals surface area contributed by atoms with Gasteiger partial charge >= 0.3 is 0 Å². The molecule has 150 valence electrons. The standard InChI is InChI=1S/C24H33N3O/c1-19-8-7-9-20(2)24(19)25-23(28)18-26-14-16-27(17-15-26)21(3)12-13-22-10-5-4-6-11-22/h4-11,21H,12-18H2,1-3H3,(H,25,28)/t21-/m0/s1. The third-order valence-corrected chi connectivity index (χ3v) is 5.84. The number of hydrogen-bond donors (Lipinski definition) is 1. The van der Waals surface area contributed by atoms with Gasteiger partial charge in [-0.05, 0) is 50.3 Å². The highest BCUT2D eigenvalue weighted by molar-refractivity contribution is 5.93. The Balaban J connectivity index is 1.41. The van der Waals surface area contributed by atoms with Gasteiger partial charge in [-0.15, -0.1) is 0 Å². The maximum absolute atomic E-state index is 12.5. The summed E-state index contributed by atoms with van der Waals surface area (Å²) in [5.74, 6) is 0.0861. The Morgan fingerprint density at radius 3 is 2.25 bits per heavy atom. The SMILES string of the molecule is Cc1cccc(C)c1NC(=O)CN1CCN([C@@H](C)CCc2ccccc2)CC1. The van der Waals surface area contributed by atoms with Gasteiger partial charge in [0.2, 0.25) is 5.91 Å². The minimum atomic E-state index is 0.0861. The highest BCUT2D eigenvalue weighted by atomic mass is 16.2. The molecule has 1 heterocycles. The van der Waals surface area contributed by atoms with Crippen molar-refractivity contribution in [1.82, 2.24) is 9.80 Å². The van der Waals surface area contributed by atoms with Crippen LogP contribution in [0.3, 0.4) is 0 Å². The van der Waals surface area contributed by atoms with E-state index in [2.05, 4.69) is 52.4 Å². The number of nitrogens with zero attached hydrogens (tertiary/aromatic N) is 2. The Hall–Kier alpha value is -2.17. The fourth-order valence-electron chi connectivity index (χ4n) is 3.96. The molecule has 4 heteroatoms. The first-order valence-electron chi connectivity index (χ1n) is 10.4. The van der Waals surface area contributed by atoms with E-state index in [1.165, 1.54) is 12.0 Å². The first-order valence-corrected chi connectivity index (χ1v) is 10.4. The summed E-state index contributed by atoms with van der Waals surface area (Å²) in [5, 5.41) is 3.10. The van der Waals surface area contributed by atoms with Gasteiger partial charge in [0.25, 0.3) is 0 Å². The number of rotatable bonds is 7. The van der Waals surface area contributed by atoms with E-state index in [4.69, 9.17) is 0 Å². The van der Waals surface area contributed by atoms with Gasteiger partial charge in [0.05, 0.1) is 6.54 Å². The Bertz CT molecular complexity index is 746. The molecule has 2 aromatic rings. The Labute approximate surface area is 169 Å².